The molecule has 1 N–H and O–H groups in total. The molecule has 3 heteroatoms. The summed E-state index contributed by atoms with van der Waals surface area (Å²) in [6.07, 6.45) is 2.07. The largest absolute Gasteiger partial charge is 0.506 e. The molecule has 0 bridgehead atoms. The minimum absolute atomic E-state index is 0.391. The van der Waals surface area contributed by atoms with Gasteiger partial charge in [0.1, 0.15) is 6.10 Å². The summed E-state index contributed by atoms with van der Waals surface area (Å²) >= 11 is 0. The number of aryl methyl sites for hydroxylation is 2. The Morgan fingerprint density at radius 2 is 1.71 bits per heavy atom. The van der Waals surface area contributed by atoms with E-state index in [1.165, 1.54) is 16.7 Å². The number of carboxylic acid groups (broad SMARTS) is 1. The first-order valence-electron chi connectivity index (χ1n) is 8.49. The van der Waals surface area contributed by atoms with E-state index in [0.29, 0.717) is 6.42 Å². The fraction of sp³-hybridized carbons (Fsp3) is 0.381. The third-order valence-corrected chi connectivity index (χ3v) is 4.71. The van der Waals surface area contributed by atoms with Gasteiger partial charge in [0.25, 0.3) is 0 Å². The molecule has 3 nitrogen and oxygen atoms in total. The lowest BCUT2D eigenvalue weighted by atomic mass is 9.93. The van der Waals surface area contributed by atoms with Crippen LogP contribution in [0, 0.1) is 20.8 Å². The van der Waals surface area contributed by atoms with E-state index in [4.69, 9.17) is 9.84 Å². The van der Waals surface area contributed by atoms with Gasteiger partial charge in [-0.1, -0.05) is 42.5 Å². The fourth-order valence-corrected chi connectivity index (χ4v) is 3.03. The number of hydrogen-bond donors (Lipinski definition) is 1. The monoisotopic (exact) mass is 326 g/mol. The summed E-state index contributed by atoms with van der Waals surface area (Å²) in [6, 6.07) is 14.4. The fourth-order valence-electron chi connectivity index (χ4n) is 3.03. The van der Waals surface area contributed by atoms with E-state index < -0.39 is 12.3 Å². The summed E-state index contributed by atoms with van der Waals surface area (Å²) in [4.78, 5) is 11.1. The highest BCUT2D eigenvalue weighted by Gasteiger charge is 2.19. The molecule has 0 saturated heterocycles. The maximum atomic E-state index is 11.1. The van der Waals surface area contributed by atoms with Crippen LogP contribution in [0.3, 0.4) is 0 Å². The Morgan fingerprint density at radius 3 is 2.38 bits per heavy atom. The average molecular weight is 326 g/mol. The van der Waals surface area contributed by atoms with Gasteiger partial charge in [-0.05, 0) is 74.3 Å². The van der Waals surface area contributed by atoms with Gasteiger partial charge in [0.15, 0.2) is 0 Å². The SMILES string of the molecule is Cc1ccc(C(CCCCc2ccccc2)OC(=O)O)c(C)c1C. The normalized spacial score (nSPS) is 12.0. The molecule has 0 fully saturated rings. The zero-order valence-corrected chi connectivity index (χ0v) is 14.7. The predicted molar refractivity (Wildman–Crippen MR) is 96.5 cm³/mol. The zero-order valence-electron chi connectivity index (χ0n) is 14.7. The van der Waals surface area contributed by atoms with E-state index >= 15 is 0 Å². The average Bonchev–Trinajstić information content (AvgIpc) is 2.56. The third-order valence-electron chi connectivity index (χ3n) is 4.71. The number of carbonyl (C=O) groups is 1. The molecule has 0 aliphatic heterocycles. The van der Waals surface area contributed by atoms with Crippen LogP contribution in [-0.4, -0.2) is 11.3 Å². The number of rotatable bonds is 7. The summed E-state index contributed by atoms with van der Waals surface area (Å²) in [5, 5.41) is 9.07. The van der Waals surface area contributed by atoms with E-state index in [1.54, 1.807) is 0 Å². The first-order chi connectivity index (χ1) is 11.5. The van der Waals surface area contributed by atoms with Crippen molar-refractivity contribution in [3.63, 3.8) is 0 Å². The van der Waals surface area contributed by atoms with Gasteiger partial charge in [0, 0.05) is 0 Å². The first-order valence-corrected chi connectivity index (χ1v) is 8.49. The Labute approximate surface area is 144 Å². The molecule has 2 aromatic rings. The minimum Gasteiger partial charge on any atom is -0.450 e. The van der Waals surface area contributed by atoms with Crippen LogP contribution in [0.5, 0.6) is 0 Å². The number of unbranched alkanes of at least 4 members (excludes halogenated alkanes) is 1. The predicted octanol–water partition coefficient (Wildman–Crippen LogP) is 5.76. The highest BCUT2D eigenvalue weighted by Crippen LogP contribution is 2.29. The molecule has 0 aliphatic rings. The summed E-state index contributed by atoms with van der Waals surface area (Å²) < 4.78 is 5.18. The van der Waals surface area contributed by atoms with E-state index in [0.717, 1.165) is 30.4 Å². The van der Waals surface area contributed by atoms with Crippen LogP contribution in [0.2, 0.25) is 0 Å². The van der Waals surface area contributed by atoms with E-state index in [2.05, 4.69) is 26.0 Å². The Hall–Kier alpha value is -2.29. The van der Waals surface area contributed by atoms with Crippen LogP contribution < -0.4 is 0 Å². The summed E-state index contributed by atoms with van der Waals surface area (Å²) in [5.74, 6) is 0. The summed E-state index contributed by atoms with van der Waals surface area (Å²) in [7, 11) is 0. The maximum Gasteiger partial charge on any atom is 0.506 e. The Bertz CT molecular complexity index is 677. The van der Waals surface area contributed by atoms with Crippen molar-refractivity contribution >= 4 is 6.16 Å². The lowest BCUT2D eigenvalue weighted by Crippen LogP contribution is -2.12. The number of ether oxygens (including phenoxy) is 1. The van der Waals surface area contributed by atoms with Gasteiger partial charge in [-0.3, -0.25) is 0 Å². The van der Waals surface area contributed by atoms with Crippen molar-refractivity contribution in [2.45, 2.75) is 52.6 Å². The van der Waals surface area contributed by atoms with Gasteiger partial charge < -0.3 is 9.84 Å². The second-order valence-corrected chi connectivity index (χ2v) is 6.33. The smallest absolute Gasteiger partial charge is 0.450 e. The first kappa shape index (κ1) is 18.1. The molecular weight excluding hydrogens is 300 g/mol. The second kappa shape index (κ2) is 8.53. The topological polar surface area (TPSA) is 46.5 Å². The van der Waals surface area contributed by atoms with Crippen LogP contribution in [0.1, 0.15) is 53.2 Å². The quantitative estimate of drug-likeness (QED) is 0.519. The molecule has 0 heterocycles. The molecule has 2 rings (SSSR count). The van der Waals surface area contributed by atoms with Crippen LogP contribution in [0.25, 0.3) is 0 Å². The van der Waals surface area contributed by atoms with Crippen molar-refractivity contribution in [3.8, 4) is 0 Å². The minimum atomic E-state index is -1.21. The van der Waals surface area contributed by atoms with Crippen molar-refractivity contribution in [3.05, 3.63) is 70.3 Å². The Morgan fingerprint density at radius 1 is 1.00 bits per heavy atom. The lowest BCUT2D eigenvalue weighted by Gasteiger charge is -2.20. The van der Waals surface area contributed by atoms with Crippen LogP contribution in [0.4, 0.5) is 4.79 Å². The summed E-state index contributed by atoms with van der Waals surface area (Å²) in [6.45, 7) is 6.18. The Kier molecular flexibility index (Phi) is 6.42. The van der Waals surface area contributed by atoms with Gasteiger partial charge in [-0.25, -0.2) is 4.79 Å². The molecule has 0 spiro atoms. The maximum absolute atomic E-state index is 11.1. The molecule has 2 aromatic carbocycles. The molecule has 1 atom stereocenters. The molecule has 128 valence electrons. The van der Waals surface area contributed by atoms with Crippen LogP contribution in [0.15, 0.2) is 42.5 Å². The second-order valence-electron chi connectivity index (χ2n) is 6.33. The highest BCUT2D eigenvalue weighted by molar-refractivity contribution is 5.57. The molecule has 0 saturated carbocycles. The van der Waals surface area contributed by atoms with E-state index in [-0.39, 0.29) is 0 Å². The Balaban J connectivity index is 2.01. The molecule has 0 amide bonds. The molecule has 1 unspecified atom stereocenters. The van der Waals surface area contributed by atoms with Crippen molar-refractivity contribution in [1.29, 1.82) is 0 Å². The summed E-state index contributed by atoms with van der Waals surface area (Å²) in [5.41, 5.74) is 5.85. The van der Waals surface area contributed by atoms with Crippen LogP contribution >= 0.6 is 0 Å². The molecule has 24 heavy (non-hydrogen) atoms. The van der Waals surface area contributed by atoms with Crippen molar-refractivity contribution in [1.82, 2.24) is 0 Å². The van der Waals surface area contributed by atoms with Crippen molar-refractivity contribution in [2.75, 3.05) is 0 Å². The van der Waals surface area contributed by atoms with E-state index in [9.17, 15) is 4.79 Å². The van der Waals surface area contributed by atoms with Crippen LogP contribution in [-0.2, 0) is 11.2 Å². The van der Waals surface area contributed by atoms with Gasteiger partial charge in [0.05, 0.1) is 0 Å². The molecule has 0 radical (unpaired) electrons. The molecular formula is C21H26O3. The number of benzene rings is 2. The third kappa shape index (κ3) is 4.85. The highest BCUT2D eigenvalue weighted by atomic mass is 16.7. The van der Waals surface area contributed by atoms with Gasteiger partial charge in [-0.15, -0.1) is 0 Å². The molecule has 0 aliphatic carbocycles. The number of hydrogen-bond acceptors (Lipinski definition) is 2. The zero-order chi connectivity index (χ0) is 17.5. The van der Waals surface area contributed by atoms with Gasteiger partial charge in [0.2, 0.25) is 0 Å². The molecule has 0 aromatic heterocycles. The van der Waals surface area contributed by atoms with Crippen molar-refractivity contribution in [2.24, 2.45) is 0 Å². The standard InChI is InChI=1S/C21H26O3/c1-15-13-14-19(17(3)16(15)2)20(24-21(22)23)12-8-7-11-18-9-5-4-6-10-18/h4-6,9-10,13-14,20H,7-8,11-12H2,1-3H3,(H,22,23). The lowest BCUT2D eigenvalue weighted by molar-refractivity contribution is 0.0462. The van der Waals surface area contributed by atoms with Gasteiger partial charge >= 0.3 is 6.16 Å². The van der Waals surface area contributed by atoms with Crippen molar-refractivity contribution < 1.29 is 14.6 Å². The van der Waals surface area contributed by atoms with E-state index in [1.807, 2.05) is 37.3 Å². The van der Waals surface area contributed by atoms with Gasteiger partial charge in [-0.2, -0.15) is 0 Å².